The molecule has 2 rings (SSSR count). The predicted octanol–water partition coefficient (Wildman–Crippen LogP) is 5.54. The molecule has 0 aliphatic carbocycles. The van der Waals surface area contributed by atoms with Crippen molar-refractivity contribution < 1.29 is 14.3 Å². The first-order valence-corrected chi connectivity index (χ1v) is 10.5. The summed E-state index contributed by atoms with van der Waals surface area (Å²) in [7, 11) is 0. The van der Waals surface area contributed by atoms with Gasteiger partial charge in [-0.1, -0.05) is 20.3 Å². The molecule has 2 aromatic carbocycles. The Morgan fingerprint density at radius 1 is 1.04 bits per heavy atom. The van der Waals surface area contributed by atoms with Gasteiger partial charge < -0.3 is 14.8 Å². The van der Waals surface area contributed by atoms with Crippen LogP contribution in [-0.4, -0.2) is 24.2 Å². The second-order valence-electron chi connectivity index (χ2n) is 6.13. The van der Waals surface area contributed by atoms with Crippen molar-refractivity contribution in [1.29, 1.82) is 0 Å². The van der Waals surface area contributed by atoms with Crippen molar-refractivity contribution in [1.82, 2.24) is 5.32 Å². The Hall–Kier alpha value is -2.12. The van der Waals surface area contributed by atoms with Crippen LogP contribution in [0.1, 0.15) is 43.5 Å². The highest BCUT2D eigenvalue weighted by Crippen LogP contribution is 2.26. The van der Waals surface area contributed by atoms with E-state index in [1.807, 2.05) is 24.3 Å². The molecule has 0 bridgehead atoms. The zero-order valence-electron chi connectivity index (χ0n) is 16.1. The van der Waals surface area contributed by atoms with Gasteiger partial charge in [-0.2, -0.15) is 0 Å². The molecule has 0 fully saturated rings. The van der Waals surface area contributed by atoms with Crippen LogP contribution in [0.25, 0.3) is 0 Å². The van der Waals surface area contributed by atoms with Crippen molar-refractivity contribution in [3.8, 4) is 11.5 Å². The summed E-state index contributed by atoms with van der Waals surface area (Å²) in [5.41, 5.74) is 1.26. The third kappa shape index (κ3) is 7.13. The molecule has 5 nitrogen and oxygen atoms in total. The lowest BCUT2D eigenvalue weighted by Crippen LogP contribution is -2.34. The summed E-state index contributed by atoms with van der Waals surface area (Å²) in [5.74, 6) is 1.23. The standard InChI is InChI=1S/C21H25BrN2O3S/c1-3-5-13-27-19-11-6-15(14-18(19)22)20(25)24-21(28)23-16-7-9-17(10-8-16)26-12-4-2/h6-11,14H,3-5,12-13H2,1-2H3,(H2,23,24,25,28). The summed E-state index contributed by atoms with van der Waals surface area (Å²) in [6, 6.07) is 12.6. The Labute approximate surface area is 179 Å². The van der Waals surface area contributed by atoms with Gasteiger partial charge in [-0.05, 0) is 83.5 Å². The molecule has 0 atom stereocenters. The van der Waals surface area contributed by atoms with E-state index in [2.05, 4.69) is 40.4 Å². The number of unbranched alkanes of at least 4 members (excludes halogenated alkanes) is 1. The average molecular weight is 465 g/mol. The van der Waals surface area contributed by atoms with Crippen LogP contribution >= 0.6 is 28.1 Å². The molecule has 1 amide bonds. The van der Waals surface area contributed by atoms with Gasteiger partial charge in [0.25, 0.3) is 5.91 Å². The molecule has 0 aliphatic rings. The van der Waals surface area contributed by atoms with E-state index in [0.29, 0.717) is 18.8 Å². The zero-order valence-corrected chi connectivity index (χ0v) is 18.5. The van der Waals surface area contributed by atoms with E-state index in [1.54, 1.807) is 18.2 Å². The van der Waals surface area contributed by atoms with Crippen LogP contribution in [0.15, 0.2) is 46.9 Å². The van der Waals surface area contributed by atoms with Crippen molar-refractivity contribution in [2.24, 2.45) is 0 Å². The summed E-state index contributed by atoms with van der Waals surface area (Å²) in [6.45, 7) is 5.50. The Morgan fingerprint density at radius 2 is 1.79 bits per heavy atom. The van der Waals surface area contributed by atoms with Crippen LogP contribution in [0.3, 0.4) is 0 Å². The molecular weight excluding hydrogens is 440 g/mol. The van der Waals surface area contributed by atoms with Crippen molar-refractivity contribution in [2.75, 3.05) is 18.5 Å². The third-order valence-corrected chi connectivity index (χ3v) is 4.59. The molecule has 2 N–H and O–H groups in total. The molecule has 7 heteroatoms. The lowest BCUT2D eigenvalue weighted by molar-refractivity contribution is 0.0977. The average Bonchev–Trinajstić information content (AvgIpc) is 2.68. The van der Waals surface area contributed by atoms with E-state index in [9.17, 15) is 4.79 Å². The van der Waals surface area contributed by atoms with E-state index in [4.69, 9.17) is 21.7 Å². The molecular formula is C21H25BrN2O3S. The van der Waals surface area contributed by atoms with Crippen molar-refractivity contribution in [2.45, 2.75) is 33.1 Å². The summed E-state index contributed by atoms with van der Waals surface area (Å²) >= 11 is 8.68. The molecule has 2 aromatic rings. The number of hydrogen-bond acceptors (Lipinski definition) is 4. The van der Waals surface area contributed by atoms with Gasteiger partial charge in [0, 0.05) is 11.3 Å². The molecule has 150 valence electrons. The maximum absolute atomic E-state index is 12.4. The van der Waals surface area contributed by atoms with Gasteiger partial charge in [-0.25, -0.2) is 0 Å². The van der Waals surface area contributed by atoms with E-state index in [0.717, 1.165) is 40.9 Å². The molecule has 0 spiro atoms. The Kier molecular flexibility index (Phi) is 9.23. The SMILES string of the molecule is CCCCOc1ccc(C(=O)NC(=S)Nc2ccc(OCCC)cc2)cc1Br. The normalized spacial score (nSPS) is 10.2. The fourth-order valence-electron chi connectivity index (χ4n) is 2.28. The molecule has 0 radical (unpaired) electrons. The number of ether oxygens (including phenoxy) is 2. The first kappa shape index (κ1) is 22.2. The topological polar surface area (TPSA) is 59.6 Å². The first-order chi connectivity index (χ1) is 13.5. The summed E-state index contributed by atoms with van der Waals surface area (Å²) in [6.07, 6.45) is 3.01. The lowest BCUT2D eigenvalue weighted by Gasteiger charge is -2.12. The van der Waals surface area contributed by atoms with Crippen LogP contribution in [-0.2, 0) is 0 Å². The zero-order chi connectivity index (χ0) is 20.4. The molecule has 0 aliphatic heterocycles. The molecule has 28 heavy (non-hydrogen) atoms. The highest BCUT2D eigenvalue weighted by atomic mass is 79.9. The minimum absolute atomic E-state index is 0.228. The van der Waals surface area contributed by atoms with Gasteiger partial charge in [-0.3, -0.25) is 10.1 Å². The number of halogens is 1. The monoisotopic (exact) mass is 464 g/mol. The Morgan fingerprint density at radius 3 is 2.43 bits per heavy atom. The van der Waals surface area contributed by atoms with Gasteiger partial charge in [0.1, 0.15) is 11.5 Å². The number of thiocarbonyl (C=S) groups is 1. The van der Waals surface area contributed by atoms with E-state index < -0.39 is 0 Å². The van der Waals surface area contributed by atoms with E-state index >= 15 is 0 Å². The van der Waals surface area contributed by atoms with Crippen LogP contribution in [0.5, 0.6) is 11.5 Å². The number of anilines is 1. The lowest BCUT2D eigenvalue weighted by atomic mass is 10.2. The molecule has 0 aromatic heterocycles. The fraction of sp³-hybridized carbons (Fsp3) is 0.333. The smallest absolute Gasteiger partial charge is 0.257 e. The number of benzene rings is 2. The van der Waals surface area contributed by atoms with Gasteiger partial charge in [-0.15, -0.1) is 0 Å². The van der Waals surface area contributed by atoms with Gasteiger partial charge in [0.15, 0.2) is 5.11 Å². The highest BCUT2D eigenvalue weighted by Gasteiger charge is 2.11. The van der Waals surface area contributed by atoms with Crippen molar-refractivity contribution >= 4 is 44.9 Å². The minimum Gasteiger partial charge on any atom is -0.494 e. The first-order valence-electron chi connectivity index (χ1n) is 9.31. The van der Waals surface area contributed by atoms with Crippen molar-refractivity contribution in [3.63, 3.8) is 0 Å². The van der Waals surface area contributed by atoms with Gasteiger partial charge >= 0.3 is 0 Å². The number of rotatable bonds is 9. The fourth-order valence-corrected chi connectivity index (χ4v) is 2.98. The third-order valence-electron chi connectivity index (χ3n) is 3.76. The maximum Gasteiger partial charge on any atom is 0.257 e. The molecule has 0 saturated heterocycles. The van der Waals surface area contributed by atoms with Crippen LogP contribution < -0.4 is 20.1 Å². The quantitative estimate of drug-likeness (QED) is 0.376. The molecule has 0 heterocycles. The number of carbonyl (C=O) groups excluding carboxylic acids is 1. The van der Waals surface area contributed by atoms with E-state index in [-0.39, 0.29) is 11.0 Å². The van der Waals surface area contributed by atoms with Crippen LogP contribution in [0.2, 0.25) is 0 Å². The van der Waals surface area contributed by atoms with Gasteiger partial charge in [0.2, 0.25) is 0 Å². The predicted molar refractivity (Wildman–Crippen MR) is 120 cm³/mol. The largest absolute Gasteiger partial charge is 0.494 e. The van der Waals surface area contributed by atoms with Crippen LogP contribution in [0.4, 0.5) is 5.69 Å². The number of amides is 1. The number of nitrogens with one attached hydrogen (secondary N) is 2. The summed E-state index contributed by atoms with van der Waals surface area (Å²) < 4.78 is 12.0. The summed E-state index contributed by atoms with van der Waals surface area (Å²) in [4.78, 5) is 12.4. The number of carbonyl (C=O) groups is 1. The van der Waals surface area contributed by atoms with E-state index in [1.165, 1.54) is 0 Å². The molecule has 0 unspecified atom stereocenters. The second kappa shape index (κ2) is 11.7. The second-order valence-corrected chi connectivity index (χ2v) is 7.39. The van der Waals surface area contributed by atoms with Gasteiger partial charge in [0.05, 0.1) is 17.7 Å². The maximum atomic E-state index is 12.4. The van der Waals surface area contributed by atoms with Crippen LogP contribution in [0, 0.1) is 0 Å². The Balaban J connectivity index is 1.89. The van der Waals surface area contributed by atoms with Crippen molar-refractivity contribution in [3.05, 3.63) is 52.5 Å². The Bertz CT molecular complexity index is 797. The number of hydrogen-bond donors (Lipinski definition) is 2. The molecule has 0 saturated carbocycles. The summed E-state index contributed by atoms with van der Waals surface area (Å²) in [5, 5.41) is 5.90. The minimum atomic E-state index is -0.291. The highest BCUT2D eigenvalue weighted by molar-refractivity contribution is 9.10.